The lowest BCUT2D eigenvalue weighted by Gasteiger charge is -2.30. The van der Waals surface area contributed by atoms with Gasteiger partial charge >= 0.3 is 11.8 Å². The van der Waals surface area contributed by atoms with Crippen molar-refractivity contribution >= 4 is 17.4 Å². The summed E-state index contributed by atoms with van der Waals surface area (Å²) in [7, 11) is 0. The standard InChI is InChI=1S/C20H28N2O5/c1-13(2)26-18-12-16(14(3)11-17(18)22(24)25)15-7-9-21(10-8-15)19(23)27-20(4,5)6/h7,11-13H,8-10H2,1-6H3/i13D. The fourth-order valence-corrected chi connectivity index (χ4v) is 2.87. The Hall–Kier alpha value is -2.57. The lowest BCUT2D eigenvalue weighted by molar-refractivity contribution is -0.386. The number of hydrogen-bond donors (Lipinski definition) is 0. The minimum Gasteiger partial charge on any atom is -0.484 e. The monoisotopic (exact) mass is 377 g/mol. The van der Waals surface area contributed by atoms with Gasteiger partial charge in [0, 0.05) is 19.2 Å². The Bertz CT molecular complexity index is 806. The zero-order valence-corrected chi connectivity index (χ0v) is 16.8. The minimum absolute atomic E-state index is 0.0704. The second kappa shape index (κ2) is 7.98. The molecule has 27 heavy (non-hydrogen) atoms. The van der Waals surface area contributed by atoms with Crippen LogP contribution in [-0.2, 0) is 4.74 Å². The third kappa shape index (κ3) is 5.45. The second-order valence-corrected chi connectivity index (χ2v) is 7.81. The molecule has 0 atom stereocenters. The van der Waals surface area contributed by atoms with Gasteiger partial charge in [-0.25, -0.2) is 4.79 Å². The van der Waals surface area contributed by atoms with E-state index in [2.05, 4.69) is 0 Å². The average Bonchev–Trinajstić information content (AvgIpc) is 2.53. The van der Waals surface area contributed by atoms with E-state index in [0.717, 1.165) is 16.7 Å². The topological polar surface area (TPSA) is 81.9 Å². The Kier molecular flexibility index (Phi) is 5.68. The quantitative estimate of drug-likeness (QED) is 0.560. The molecular formula is C20H28N2O5. The predicted octanol–water partition coefficient (Wildman–Crippen LogP) is 4.71. The van der Waals surface area contributed by atoms with Crippen LogP contribution in [0.2, 0.25) is 0 Å². The van der Waals surface area contributed by atoms with Gasteiger partial charge in [0.2, 0.25) is 0 Å². The highest BCUT2D eigenvalue weighted by molar-refractivity contribution is 5.75. The van der Waals surface area contributed by atoms with Crippen molar-refractivity contribution in [2.75, 3.05) is 13.1 Å². The van der Waals surface area contributed by atoms with Crippen LogP contribution >= 0.6 is 0 Å². The van der Waals surface area contributed by atoms with Crippen LogP contribution in [0.15, 0.2) is 18.2 Å². The Labute approximate surface area is 161 Å². The molecule has 2 rings (SSSR count). The molecule has 0 aromatic heterocycles. The number of carbonyl (C=O) groups is 1. The van der Waals surface area contributed by atoms with Gasteiger partial charge in [-0.05, 0) is 70.7 Å². The maximum atomic E-state index is 12.2. The van der Waals surface area contributed by atoms with Crippen molar-refractivity contribution in [3.63, 3.8) is 0 Å². The summed E-state index contributed by atoms with van der Waals surface area (Å²) in [6.07, 6.45) is 0.869. The van der Waals surface area contributed by atoms with Crippen LogP contribution in [0, 0.1) is 17.0 Å². The van der Waals surface area contributed by atoms with Crippen molar-refractivity contribution in [3.05, 3.63) is 39.4 Å². The summed E-state index contributed by atoms with van der Waals surface area (Å²) < 4.78 is 18.8. The molecule has 0 spiro atoms. The Morgan fingerprint density at radius 1 is 1.37 bits per heavy atom. The Morgan fingerprint density at radius 3 is 2.52 bits per heavy atom. The van der Waals surface area contributed by atoms with Gasteiger partial charge < -0.3 is 14.4 Å². The molecule has 7 heteroatoms. The maximum Gasteiger partial charge on any atom is 0.410 e. The predicted molar refractivity (Wildman–Crippen MR) is 104 cm³/mol. The number of rotatable bonds is 4. The number of aryl methyl sites for hydroxylation is 1. The van der Waals surface area contributed by atoms with E-state index in [1.165, 1.54) is 19.9 Å². The molecule has 0 aliphatic carbocycles. The van der Waals surface area contributed by atoms with Crippen LogP contribution in [0.5, 0.6) is 5.75 Å². The van der Waals surface area contributed by atoms with E-state index < -0.39 is 16.6 Å². The van der Waals surface area contributed by atoms with Crippen molar-refractivity contribution in [1.82, 2.24) is 4.90 Å². The van der Waals surface area contributed by atoms with Gasteiger partial charge in [0.15, 0.2) is 5.75 Å². The molecule has 1 heterocycles. The zero-order valence-electron chi connectivity index (χ0n) is 17.8. The molecule has 1 amide bonds. The van der Waals surface area contributed by atoms with Crippen molar-refractivity contribution in [3.8, 4) is 5.75 Å². The number of nitrogens with zero attached hydrogens (tertiary/aromatic N) is 2. The smallest absolute Gasteiger partial charge is 0.410 e. The first kappa shape index (κ1) is 19.2. The fraction of sp³-hybridized carbons (Fsp3) is 0.550. The van der Waals surface area contributed by atoms with Crippen molar-refractivity contribution in [2.24, 2.45) is 0 Å². The van der Waals surface area contributed by atoms with Crippen LogP contribution in [0.1, 0.15) is 53.5 Å². The summed E-state index contributed by atoms with van der Waals surface area (Å²) in [4.78, 5) is 24.7. The average molecular weight is 377 g/mol. The van der Waals surface area contributed by atoms with E-state index in [-0.39, 0.29) is 17.5 Å². The van der Waals surface area contributed by atoms with Gasteiger partial charge in [-0.3, -0.25) is 10.1 Å². The number of ether oxygens (including phenoxy) is 2. The Balaban J connectivity index is 2.29. The largest absolute Gasteiger partial charge is 0.484 e. The summed E-state index contributed by atoms with van der Waals surface area (Å²) >= 11 is 0. The summed E-state index contributed by atoms with van der Waals surface area (Å²) in [5.74, 6) is 0.0704. The van der Waals surface area contributed by atoms with Crippen LogP contribution in [0.3, 0.4) is 0 Å². The van der Waals surface area contributed by atoms with Crippen LogP contribution < -0.4 is 4.74 Å². The second-order valence-electron chi connectivity index (χ2n) is 7.81. The van der Waals surface area contributed by atoms with E-state index in [1.807, 2.05) is 26.8 Å². The molecule has 0 N–H and O–H groups in total. The first-order valence-corrected chi connectivity index (χ1v) is 8.92. The Morgan fingerprint density at radius 2 is 2.04 bits per heavy atom. The molecule has 0 unspecified atom stereocenters. The van der Waals surface area contributed by atoms with Gasteiger partial charge in [0.1, 0.15) is 5.60 Å². The zero-order chi connectivity index (χ0) is 21.3. The minimum atomic E-state index is -1.30. The molecule has 1 aromatic carbocycles. The van der Waals surface area contributed by atoms with Crippen molar-refractivity contribution < 1.29 is 20.6 Å². The molecule has 148 valence electrons. The number of carbonyl (C=O) groups excluding carboxylic acids is 1. The van der Waals surface area contributed by atoms with Gasteiger partial charge in [0.05, 0.1) is 12.4 Å². The fourth-order valence-electron chi connectivity index (χ4n) is 2.87. The summed E-state index contributed by atoms with van der Waals surface area (Å²) in [5, 5.41) is 11.4. The highest BCUT2D eigenvalue weighted by Crippen LogP contribution is 2.36. The third-order valence-electron chi connectivity index (χ3n) is 4.02. The van der Waals surface area contributed by atoms with Crippen LogP contribution in [-0.4, -0.2) is 40.7 Å². The highest BCUT2D eigenvalue weighted by atomic mass is 16.6. The van der Waals surface area contributed by atoms with Crippen LogP contribution in [0.4, 0.5) is 10.5 Å². The maximum absolute atomic E-state index is 12.2. The lowest BCUT2D eigenvalue weighted by Crippen LogP contribution is -2.39. The molecule has 0 radical (unpaired) electrons. The molecule has 1 aliphatic rings. The van der Waals surface area contributed by atoms with Crippen molar-refractivity contribution in [2.45, 2.75) is 59.6 Å². The number of hydrogen-bond acceptors (Lipinski definition) is 5. The molecule has 0 saturated heterocycles. The number of nitro benzene ring substituents is 1. The van der Waals surface area contributed by atoms with E-state index in [9.17, 15) is 14.9 Å². The lowest BCUT2D eigenvalue weighted by atomic mass is 9.94. The molecule has 1 aliphatic heterocycles. The molecule has 7 nitrogen and oxygen atoms in total. The van der Waals surface area contributed by atoms with Gasteiger partial charge in [0.25, 0.3) is 0 Å². The SMILES string of the molecule is [2H]C(C)(C)Oc1cc(C2=CCN(C(=O)OC(C)(C)C)CC2)c(C)cc1[N+](=O)[O-]. The van der Waals surface area contributed by atoms with Crippen LogP contribution in [0.25, 0.3) is 5.57 Å². The first-order valence-electron chi connectivity index (χ1n) is 9.42. The molecule has 0 bridgehead atoms. The van der Waals surface area contributed by atoms with E-state index in [4.69, 9.17) is 10.8 Å². The van der Waals surface area contributed by atoms with E-state index in [1.54, 1.807) is 17.9 Å². The van der Waals surface area contributed by atoms with E-state index in [0.29, 0.717) is 19.5 Å². The number of amides is 1. The highest BCUT2D eigenvalue weighted by Gasteiger charge is 2.26. The van der Waals surface area contributed by atoms with Gasteiger partial charge in [-0.1, -0.05) is 6.08 Å². The molecular weight excluding hydrogens is 348 g/mol. The van der Waals surface area contributed by atoms with Gasteiger partial charge in [-0.2, -0.15) is 0 Å². The summed E-state index contributed by atoms with van der Waals surface area (Å²) in [6, 6.07) is 3.09. The van der Waals surface area contributed by atoms with E-state index >= 15 is 0 Å². The van der Waals surface area contributed by atoms with Crippen molar-refractivity contribution in [1.29, 1.82) is 0 Å². The number of benzene rings is 1. The third-order valence-corrected chi connectivity index (χ3v) is 4.02. The number of nitro groups is 1. The summed E-state index contributed by atoms with van der Waals surface area (Å²) in [6.45, 7) is 11.2. The molecule has 0 saturated carbocycles. The first-order chi connectivity index (χ1) is 12.8. The summed E-state index contributed by atoms with van der Waals surface area (Å²) in [5.41, 5.74) is 1.85. The van der Waals surface area contributed by atoms with Gasteiger partial charge in [-0.15, -0.1) is 0 Å². The normalized spacial score (nSPS) is 15.7. The molecule has 0 fully saturated rings. The molecule has 1 aromatic rings.